The van der Waals surface area contributed by atoms with Gasteiger partial charge in [0.25, 0.3) is 5.91 Å². The summed E-state index contributed by atoms with van der Waals surface area (Å²) in [6, 6.07) is 15.5. The fourth-order valence-corrected chi connectivity index (χ4v) is 2.76. The van der Waals surface area contributed by atoms with E-state index in [0.29, 0.717) is 22.7 Å². The number of carbonyl (C=O) groups is 3. The highest BCUT2D eigenvalue weighted by Gasteiger charge is 2.10. The number of amides is 3. The largest absolute Gasteiger partial charge is 0.487 e. The smallest absolute Gasteiger partial charge is 0.255 e. The van der Waals surface area contributed by atoms with Crippen molar-refractivity contribution in [3.05, 3.63) is 83.7 Å². The van der Waals surface area contributed by atoms with Gasteiger partial charge in [0.15, 0.2) is 0 Å². The van der Waals surface area contributed by atoms with Crippen LogP contribution in [-0.4, -0.2) is 29.8 Å². The molecule has 0 fully saturated rings. The van der Waals surface area contributed by atoms with E-state index in [1.165, 1.54) is 30.3 Å². The molecule has 0 saturated carbocycles. The molecule has 0 saturated heterocycles. The number of hydrogen-bond acceptors (Lipinski definition) is 5. The van der Waals surface area contributed by atoms with Crippen LogP contribution in [0.1, 0.15) is 33.2 Å². The first-order chi connectivity index (χ1) is 14.8. The number of nitrogens with two attached hydrogens (primary N) is 1. The Morgan fingerprint density at radius 1 is 1.03 bits per heavy atom. The van der Waals surface area contributed by atoms with E-state index in [1.54, 1.807) is 49.5 Å². The zero-order valence-corrected chi connectivity index (χ0v) is 17.2. The van der Waals surface area contributed by atoms with Gasteiger partial charge in [-0.2, -0.15) is 0 Å². The van der Waals surface area contributed by atoms with Crippen molar-refractivity contribution in [2.45, 2.75) is 13.5 Å². The third-order valence-electron chi connectivity index (χ3n) is 4.58. The van der Waals surface area contributed by atoms with Gasteiger partial charge in [0.1, 0.15) is 12.4 Å². The third kappa shape index (κ3) is 5.66. The second kappa shape index (κ2) is 9.53. The summed E-state index contributed by atoms with van der Waals surface area (Å²) in [5.41, 5.74) is 8.12. The molecule has 0 bridgehead atoms. The van der Waals surface area contributed by atoms with Crippen molar-refractivity contribution in [1.29, 1.82) is 0 Å². The molecule has 8 nitrogen and oxygen atoms in total. The lowest BCUT2D eigenvalue weighted by Crippen LogP contribution is -2.22. The number of ether oxygens (including phenoxy) is 1. The molecule has 31 heavy (non-hydrogen) atoms. The van der Waals surface area contributed by atoms with Gasteiger partial charge in [0.2, 0.25) is 11.8 Å². The Labute approximate surface area is 179 Å². The Balaban J connectivity index is 1.63. The number of nitrogens with zero attached hydrogens (tertiary/aromatic N) is 2. The summed E-state index contributed by atoms with van der Waals surface area (Å²) in [5, 5.41) is 2.84. The fourth-order valence-electron chi connectivity index (χ4n) is 2.76. The molecule has 8 heteroatoms. The second-order valence-corrected chi connectivity index (χ2v) is 6.84. The van der Waals surface area contributed by atoms with Crippen molar-refractivity contribution in [2.24, 2.45) is 5.73 Å². The lowest BCUT2D eigenvalue weighted by molar-refractivity contribution is -0.116. The molecular weight excluding hydrogens is 396 g/mol. The molecule has 0 aliphatic heterocycles. The van der Waals surface area contributed by atoms with Crippen molar-refractivity contribution in [1.82, 2.24) is 4.98 Å². The van der Waals surface area contributed by atoms with Gasteiger partial charge in [0.05, 0.1) is 11.8 Å². The molecule has 3 N–H and O–H groups in total. The normalized spacial score (nSPS) is 10.3. The van der Waals surface area contributed by atoms with E-state index < -0.39 is 5.91 Å². The van der Waals surface area contributed by atoms with Gasteiger partial charge in [0, 0.05) is 37.1 Å². The van der Waals surface area contributed by atoms with Crippen molar-refractivity contribution in [3.63, 3.8) is 0 Å². The maximum absolute atomic E-state index is 12.5. The highest BCUT2D eigenvalue weighted by Crippen LogP contribution is 2.18. The zero-order chi connectivity index (χ0) is 22.4. The lowest BCUT2D eigenvalue weighted by atomic mass is 10.1. The first kappa shape index (κ1) is 21.5. The quantitative estimate of drug-likeness (QED) is 0.612. The minimum absolute atomic E-state index is 0.0895. The summed E-state index contributed by atoms with van der Waals surface area (Å²) in [6.45, 7) is 1.70. The van der Waals surface area contributed by atoms with Crippen LogP contribution in [0.4, 0.5) is 11.4 Å². The number of benzene rings is 2. The molecule has 3 aromatic rings. The van der Waals surface area contributed by atoms with Crippen molar-refractivity contribution < 1.29 is 19.1 Å². The van der Waals surface area contributed by atoms with Gasteiger partial charge in [-0.1, -0.05) is 12.1 Å². The monoisotopic (exact) mass is 418 g/mol. The topological polar surface area (TPSA) is 115 Å². The predicted octanol–water partition coefficient (Wildman–Crippen LogP) is 2.99. The lowest BCUT2D eigenvalue weighted by Gasteiger charge is -2.15. The van der Waals surface area contributed by atoms with E-state index in [9.17, 15) is 14.4 Å². The molecule has 0 atom stereocenters. The number of hydrogen-bond donors (Lipinski definition) is 2. The first-order valence-corrected chi connectivity index (χ1v) is 9.46. The van der Waals surface area contributed by atoms with Crippen molar-refractivity contribution in [2.75, 3.05) is 17.3 Å². The first-order valence-electron chi connectivity index (χ1n) is 9.46. The van der Waals surface area contributed by atoms with Crippen LogP contribution in [0, 0.1) is 0 Å². The Morgan fingerprint density at radius 2 is 1.77 bits per heavy atom. The minimum Gasteiger partial charge on any atom is -0.487 e. The Kier molecular flexibility index (Phi) is 6.61. The summed E-state index contributed by atoms with van der Waals surface area (Å²) < 4.78 is 5.67. The molecule has 0 unspecified atom stereocenters. The van der Waals surface area contributed by atoms with Crippen LogP contribution in [0.15, 0.2) is 67.0 Å². The molecule has 2 aromatic carbocycles. The average Bonchev–Trinajstić information content (AvgIpc) is 2.77. The molecule has 158 valence electrons. The number of primary amides is 1. The number of nitrogens with one attached hydrogen (secondary N) is 1. The van der Waals surface area contributed by atoms with Crippen LogP contribution < -0.4 is 20.7 Å². The molecule has 1 heterocycles. The molecule has 3 amide bonds. The summed E-state index contributed by atoms with van der Waals surface area (Å²) in [5.74, 6) is -0.521. The van der Waals surface area contributed by atoms with E-state index >= 15 is 0 Å². The molecule has 1 aromatic heterocycles. The standard InChI is InChI=1S/C23H22N4O4/c1-15(28)27(2)20-8-6-17(7-9-20)23(30)26-19-5-3-4-16(10-19)14-31-21-11-18(22(24)29)12-25-13-21/h3-13H,14H2,1-2H3,(H2,24,29)(H,26,30). The van der Waals surface area contributed by atoms with Gasteiger partial charge >= 0.3 is 0 Å². The molecule has 0 spiro atoms. The van der Waals surface area contributed by atoms with Gasteiger partial charge in [-0.05, 0) is 48.0 Å². The van der Waals surface area contributed by atoms with Crippen LogP contribution >= 0.6 is 0 Å². The minimum atomic E-state index is -0.580. The highest BCUT2D eigenvalue weighted by atomic mass is 16.5. The number of carbonyl (C=O) groups excluding carboxylic acids is 3. The van der Waals surface area contributed by atoms with E-state index in [4.69, 9.17) is 10.5 Å². The van der Waals surface area contributed by atoms with E-state index in [-0.39, 0.29) is 24.0 Å². The number of anilines is 2. The zero-order valence-electron chi connectivity index (χ0n) is 17.2. The van der Waals surface area contributed by atoms with E-state index in [0.717, 1.165) is 5.56 Å². The Bertz CT molecular complexity index is 1110. The molecule has 3 rings (SSSR count). The maximum Gasteiger partial charge on any atom is 0.255 e. The highest BCUT2D eigenvalue weighted by molar-refractivity contribution is 6.04. The number of rotatable bonds is 7. The predicted molar refractivity (Wildman–Crippen MR) is 117 cm³/mol. The van der Waals surface area contributed by atoms with Gasteiger partial charge < -0.3 is 20.7 Å². The van der Waals surface area contributed by atoms with E-state index in [1.807, 2.05) is 6.07 Å². The van der Waals surface area contributed by atoms with Crippen LogP contribution in [0.25, 0.3) is 0 Å². The summed E-state index contributed by atoms with van der Waals surface area (Å²) in [6.07, 6.45) is 2.86. The Hall–Kier alpha value is -4.20. The molecule has 0 aliphatic rings. The molecular formula is C23H22N4O4. The summed E-state index contributed by atoms with van der Waals surface area (Å²) in [4.78, 5) is 40.7. The van der Waals surface area contributed by atoms with Gasteiger partial charge in [-0.25, -0.2) is 0 Å². The number of aromatic nitrogens is 1. The maximum atomic E-state index is 12.5. The SMILES string of the molecule is CC(=O)N(C)c1ccc(C(=O)Nc2cccc(COc3cncc(C(N)=O)c3)c2)cc1. The second-order valence-electron chi connectivity index (χ2n) is 6.84. The molecule has 0 aliphatic carbocycles. The summed E-state index contributed by atoms with van der Waals surface area (Å²) >= 11 is 0. The van der Waals surface area contributed by atoms with Crippen LogP contribution in [0.5, 0.6) is 5.75 Å². The number of pyridine rings is 1. The molecule has 0 radical (unpaired) electrons. The van der Waals surface area contributed by atoms with Crippen molar-refractivity contribution >= 4 is 29.1 Å². The Morgan fingerprint density at radius 3 is 2.45 bits per heavy atom. The van der Waals surface area contributed by atoms with Crippen LogP contribution in [0.3, 0.4) is 0 Å². The van der Waals surface area contributed by atoms with Gasteiger partial charge in [-0.15, -0.1) is 0 Å². The van der Waals surface area contributed by atoms with Crippen LogP contribution in [0.2, 0.25) is 0 Å². The fraction of sp³-hybridized carbons (Fsp3) is 0.130. The summed E-state index contributed by atoms with van der Waals surface area (Å²) in [7, 11) is 1.67. The third-order valence-corrected chi connectivity index (χ3v) is 4.58. The van der Waals surface area contributed by atoms with Crippen LogP contribution in [-0.2, 0) is 11.4 Å². The average molecular weight is 418 g/mol. The van der Waals surface area contributed by atoms with Crippen molar-refractivity contribution in [3.8, 4) is 5.75 Å². The van der Waals surface area contributed by atoms with E-state index in [2.05, 4.69) is 10.3 Å². The van der Waals surface area contributed by atoms with Gasteiger partial charge in [-0.3, -0.25) is 19.4 Å².